The Hall–Kier alpha value is -2.06. The van der Waals surface area contributed by atoms with E-state index in [1.165, 1.54) is 11.8 Å². The van der Waals surface area contributed by atoms with Crippen molar-refractivity contribution in [3.8, 4) is 0 Å². The molecule has 0 aromatic carbocycles. The molecule has 2 atom stereocenters. The van der Waals surface area contributed by atoms with Crippen molar-refractivity contribution in [2.45, 2.75) is 46.3 Å². The van der Waals surface area contributed by atoms with Crippen LogP contribution in [-0.4, -0.2) is 50.9 Å². The van der Waals surface area contributed by atoms with Gasteiger partial charge in [0.05, 0.1) is 18.0 Å². The first-order chi connectivity index (χ1) is 11.5. The fourth-order valence-electron chi connectivity index (χ4n) is 3.31. The number of aliphatic carboxylic acids is 1. The van der Waals surface area contributed by atoms with Crippen LogP contribution in [0.15, 0.2) is 0 Å². The van der Waals surface area contributed by atoms with Gasteiger partial charge in [0.25, 0.3) is 0 Å². The molecule has 2 unspecified atom stereocenters. The van der Waals surface area contributed by atoms with Crippen molar-refractivity contribution in [1.82, 2.24) is 14.7 Å². The molecule has 25 heavy (non-hydrogen) atoms. The van der Waals surface area contributed by atoms with Crippen molar-refractivity contribution in [2.75, 3.05) is 13.1 Å². The van der Waals surface area contributed by atoms with Gasteiger partial charge in [0.1, 0.15) is 6.54 Å². The molecule has 0 radical (unpaired) electrons. The molecule has 0 spiro atoms. The molecule has 1 amide bonds. The Morgan fingerprint density at radius 1 is 1.28 bits per heavy atom. The number of hydrogen-bond donors (Lipinski definition) is 1. The topological polar surface area (TPSA) is 75.4 Å². The molecule has 1 aliphatic rings. The zero-order chi connectivity index (χ0) is 18.9. The van der Waals surface area contributed by atoms with E-state index in [9.17, 15) is 27.9 Å². The molecule has 1 saturated heterocycles. The van der Waals surface area contributed by atoms with E-state index in [4.69, 9.17) is 0 Å². The van der Waals surface area contributed by atoms with Gasteiger partial charge in [-0.15, -0.1) is 0 Å². The van der Waals surface area contributed by atoms with Gasteiger partial charge < -0.3 is 10.0 Å². The molecule has 0 saturated carbocycles. The lowest BCUT2D eigenvalue weighted by Gasteiger charge is -2.34. The minimum atomic E-state index is -4.39. The van der Waals surface area contributed by atoms with E-state index in [2.05, 4.69) is 5.10 Å². The lowest BCUT2D eigenvalue weighted by atomic mass is 9.90. The molecule has 1 fully saturated rings. The second kappa shape index (κ2) is 7.05. The summed E-state index contributed by atoms with van der Waals surface area (Å²) in [5.74, 6) is -1.76. The van der Waals surface area contributed by atoms with Crippen LogP contribution < -0.4 is 0 Å². The fourth-order valence-corrected chi connectivity index (χ4v) is 3.31. The normalized spacial score (nSPS) is 21.4. The van der Waals surface area contributed by atoms with E-state index >= 15 is 0 Å². The number of carboxylic acids is 1. The average molecular weight is 361 g/mol. The summed E-state index contributed by atoms with van der Waals surface area (Å²) in [6.45, 7) is 4.35. The number of likely N-dealkylation sites (tertiary alicyclic amines) is 1. The summed E-state index contributed by atoms with van der Waals surface area (Å²) in [4.78, 5) is 25.3. The Morgan fingerprint density at radius 2 is 1.92 bits per heavy atom. The summed E-state index contributed by atoms with van der Waals surface area (Å²) in [5, 5.41) is 13.1. The largest absolute Gasteiger partial charge is 0.481 e. The predicted molar refractivity (Wildman–Crippen MR) is 82.9 cm³/mol. The smallest absolute Gasteiger partial charge is 0.408 e. The predicted octanol–water partition coefficient (Wildman–Crippen LogP) is 2.17. The third-order valence-electron chi connectivity index (χ3n) is 4.55. The van der Waals surface area contributed by atoms with E-state index in [1.54, 1.807) is 6.92 Å². The number of hydrogen-bond acceptors (Lipinski definition) is 3. The molecule has 9 heteroatoms. The molecule has 2 heterocycles. The van der Waals surface area contributed by atoms with E-state index in [1.807, 2.05) is 6.92 Å². The van der Waals surface area contributed by atoms with E-state index in [0.29, 0.717) is 29.9 Å². The first-order valence-corrected chi connectivity index (χ1v) is 8.08. The highest BCUT2D eigenvalue weighted by molar-refractivity contribution is 5.80. The number of nitrogens with zero attached hydrogens (tertiary/aromatic N) is 3. The summed E-state index contributed by atoms with van der Waals surface area (Å²) in [6.07, 6.45) is -3.95. The maximum atomic E-state index is 12.6. The third kappa shape index (κ3) is 4.73. The summed E-state index contributed by atoms with van der Waals surface area (Å²) in [6, 6.07) is 0. The van der Waals surface area contributed by atoms with Gasteiger partial charge in [0.2, 0.25) is 5.91 Å². The van der Waals surface area contributed by atoms with Gasteiger partial charge in [-0.1, -0.05) is 6.92 Å². The zero-order valence-corrected chi connectivity index (χ0v) is 14.4. The highest BCUT2D eigenvalue weighted by Crippen LogP contribution is 2.25. The van der Waals surface area contributed by atoms with Gasteiger partial charge in [-0.05, 0) is 26.2 Å². The summed E-state index contributed by atoms with van der Waals surface area (Å²) >= 11 is 0. The molecular formula is C16H22F3N3O3. The minimum absolute atomic E-state index is 0.0638. The average Bonchev–Trinajstić information content (AvgIpc) is 2.72. The molecule has 1 aliphatic heterocycles. The molecule has 2 rings (SSSR count). The minimum Gasteiger partial charge on any atom is -0.481 e. The van der Waals surface area contributed by atoms with E-state index < -0.39 is 24.6 Å². The van der Waals surface area contributed by atoms with Crippen molar-refractivity contribution in [2.24, 2.45) is 11.8 Å². The van der Waals surface area contributed by atoms with Crippen LogP contribution >= 0.6 is 0 Å². The van der Waals surface area contributed by atoms with Crippen LogP contribution in [0.5, 0.6) is 0 Å². The van der Waals surface area contributed by atoms with Gasteiger partial charge in [0.15, 0.2) is 0 Å². The Bertz CT molecular complexity index is 670. The lowest BCUT2D eigenvalue weighted by molar-refractivity contribution is -0.147. The number of aromatic nitrogens is 2. The van der Waals surface area contributed by atoms with Crippen LogP contribution in [0.4, 0.5) is 13.2 Å². The maximum absolute atomic E-state index is 12.6. The number of amides is 1. The van der Waals surface area contributed by atoms with Crippen LogP contribution in [0, 0.1) is 25.7 Å². The fraction of sp³-hybridized carbons (Fsp3) is 0.688. The number of piperidine rings is 1. The van der Waals surface area contributed by atoms with E-state index in [-0.39, 0.29) is 24.8 Å². The van der Waals surface area contributed by atoms with Gasteiger partial charge in [-0.25, -0.2) is 0 Å². The van der Waals surface area contributed by atoms with Crippen LogP contribution in [0.25, 0.3) is 0 Å². The van der Waals surface area contributed by atoms with Crippen molar-refractivity contribution in [1.29, 1.82) is 0 Å². The van der Waals surface area contributed by atoms with Gasteiger partial charge in [0, 0.05) is 24.3 Å². The lowest BCUT2D eigenvalue weighted by Crippen LogP contribution is -2.46. The van der Waals surface area contributed by atoms with Gasteiger partial charge in [-0.3, -0.25) is 14.3 Å². The first-order valence-electron chi connectivity index (χ1n) is 8.08. The van der Waals surface area contributed by atoms with Crippen molar-refractivity contribution < 1.29 is 27.9 Å². The monoisotopic (exact) mass is 361 g/mol. The van der Waals surface area contributed by atoms with Crippen LogP contribution in [0.1, 0.15) is 30.3 Å². The standard InChI is InChI=1S/C16H22F3N3O3/c1-9-4-12(15(24)25)7-21(6-9)14(23)5-13-10(2)20-22(11(13)3)8-16(17,18)19/h9,12H,4-8H2,1-3H3,(H,24,25). The Labute approximate surface area is 143 Å². The Morgan fingerprint density at radius 3 is 2.48 bits per heavy atom. The Balaban J connectivity index is 2.14. The van der Waals surface area contributed by atoms with Crippen molar-refractivity contribution in [3.63, 3.8) is 0 Å². The van der Waals surface area contributed by atoms with Crippen LogP contribution in [-0.2, 0) is 22.6 Å². The van der Waals surface area contributed by atoms with Crippen LogP contribution in [0.3, 0.4) is 0 Å². The molecule has 1 N–H and O–H groups in total. The van der Waals surface area contributed by atoms with Crippen molar-refractivity contribution >= 4 is 11.9 Å². The van der Waals surface area contributed by atoms with Crippen LogP contribution in [0.2, 0.25) is 0 Å². The zero-order valence-electron chi connectivity index (χ0n) is 14.4. The number of rotatable bonds is 4. The summed E-state index contributed by atoms with van der Waals surface area (Å²) in [7, 11) is 0. The third-order valence-corrected chi connectivity index (χ3v) is 4.55. The van der Waals surface area contributed by atoms with Gasteiger partial charge >= 0.3 is 12.1 Å². The summed E-state index contributed by atoms with van der Waals surface area (Å²) < 4.78 is 38.6. The Kier molecular flexibility index (Phi) is 5.43. The quantitative estimate of drug-likeness (QED) is 0.892. The number of halogens is 3. The second-order valence-corrected chi connectivity index (χ2v) is 6.77. The molecular weight excluding hydrogens is 339 g/mol. The highest BCUT2D eigenvalue weighted by atomic mass is 19.4. The molecule has 6 nitrogen and oxygen atoms in total. The highest BCUT2D eigenvalue weighted by Gasteiger charge is 2.33. The number of carboxylic acid groups (broad SMARTS) is 1. The number of carbonyl (C=O) groups is 2. The number of aryl methyl sites for hydroxylation is 1. The van der Waals surface area contributed by atoms with E-state index in [0.717, 1.165) is 4.68 Å². The molecule has 0 bridgehead atoms. The maximum Gasteiger partial charge on any atom is 0.408 e. The molecule has 140 valence electrons. The number of alkyl halides is 3. The second-order valence-electron chi connectivity index (χ2n) is 6.77. The molecule has 1 aromatic rings. The first kappa shape index (κ1) is 19.3. The molecule has 0 aliphatic carbocycles. The SMILES string of the molecule is Cc1nn(CC(F)(F)F)c(C)c1CC(=O)N1CC(C)CC(C(=O)O)C1. The number of carbonyl (C=O) groups excluding carboxylic acids is 1. The molecule has 1 aromatic heterocycles. The van der Waals surface area contributed by atoms with Crippen molar-refractivity contribution in [3.05, 3.63) is 17.0 Å². The summed E-state index contributed by atoms with van der Waals surface area (Å²) in [5.41, 5.74) is 1.16. The van der Waals surface area contributed by atoms with Gasteiger partial charge in [-0.2, -0.15) is 18.3 Å².